The largest absolute Gasteiger partial charge is 0.391 e. The van der Waals surface area contributed by atoms with Crippen LogP contribution >= 0.6 is 12.4 Å². The number of benzene rings is 1. The maximum absolute atomic E-state index is 9.50. The van der Waals surface area contributed by atoms with Gasteiger partial charge in [-0.15, -0.1) is 12.4 Å². The van der Waals surface area contributed by atoms with Crippen LogP contribution in [0.1, 0.15) is 12.8 Å². The number of halogens is 1. The molecule has 0 aromatic heterocycles. The van der Waals surface area contributed by atoms with Crippen LogP contribution in [0.3, 0.4) is 0 Å². The molecule has 0 amide bonds. The van der Waals surface area contributed by atoms with Crippen LogP contribution in [0.2, 0.25) is 0 Å². The molecule has 1 saturated heterocycles. The number of β-amino-alcohol motifs (C(OH)–C–C–N with tert-alkyl or cyclic N) is 1. The monoisotopic (exact) mass is 213 g/mol. The van der Waals surface area contributed by atoms with Crippen molar-refractivity contribution >= 4 is 18.1 Å². The van der Waals surface area contributed by atoms with Gasteiger partial charge in [0.1, 0.15) is 0 Å². The Kier molecular flexibility index (Phi) is 4.23. The maximum atomic E-state index is 9.50. The van der Waals surface area contributed by atoms with E-state index in [1.807, 2.05) is 18.2 Å². The third kappa shape index (κ3) is 2.63. The molecule has 0 spiro atoms. The summed E-state index contributed by atoms with van der Waals surface area (Å²) >= 11 is 0. The van der Waals surface area contributed by atoms with Crippen LogP contribution in [0.25, 0.3) is 0 Å². The molecule has 1 heterocycles. The van der Waals surface area contributed by atoms with Gasteiger partial charge >= 0.3 is 0 Å². The average molecular weight is 214 g/mol. The Hall–Kier alpha value is -0.730. The minimum atomic E-state index is -0.144. The van der Waals surface area contributed by atoms with Crippen molar-refractivity contribution in [2.45, 2.75) is 18.9 Å². The molecule has 1 aromatic carbocycles. The highest BCUT2D eigenvalue weighted by Gasteiger charge is 2.17. The van der Waals surface area contributed by atoms with Gasteiger partial charge in [-0.1, -0.05) is 18.2 Å². The van der Waals surface area contributed by atoms with Crippen molar-refractivity contribution in [3.05, 3.63) is 30.3 Å². The Bertz CT molecular complexity index is 265. The van der Waals surface area contributed by atoms with E-state index in [2.05, 4.69) is 17.0 Å². The van der Waals surface area contributed by atoms with Crippen LogP contribution in [0.15, 0.2) is 30.3 Å². The number of nitrogens with zero attached hydrogens (tertiary/aromatic N) is 1. The number of anilines is 1. The second-order valence-electron chi connectivity index (χ2n) is 3.58. The summed E-state index contributed by atoms with van der Waals surface area (Å²) in [6.07, 6.45) is 1.90. The van der Waals surface area contributed by atoms with Gasteiger partial charge in [0, 0.05) is 18.8 Å². The molecule has 3 heteroatoms. The van der Waals surface area contributed by atoms with Crippen LogP contribution < -0.4 is 4.90 Å². The smallest absolute Gasteiger partial charge is 0.0715 e. The van der Waals surface area contributed by atoms with E-state index in [1.54, 1.807) is 0 Å². The predicted molar refractivity (Wildman–Crippen MR) is 61.1 cm³/mol. The molecule has 0 bridgehead atoms. The molecule has 1 aliphatic rings. The van der Waals surface area contributed by atoms with E-state index >= 15 is 0 Å². The van der Waals surface area contributed by atoms with Gasteiger partial charge in [-0.2, -0.15) is 0 Å². The van der Waals surface area contributed by atoms with Crippen LogP contribution in [-0.2, 0) is 0 Å². The lowest BCUT2D eigenvalue weighted by Gasteiger charge is -2.31. The molecule has 0 saturated carbocycles. The summed E-state index contributed by atoms with van der Waals surface area (Å²) in [5.74, 6) is 0. The standard InChI is InChI=1S/C11H15NO.ClH/c13-11-7-4-8-12(9-11)10-5-2-1-3-6-10;/h1-3,5-6,11,13H,4,7-9H2;1H. The first kappa shape index (κ1) is 11.3. The highest BCUT2D eigenvalue weighted by Crippen LogP contribution is 2.18. The van der Waals surface area contributed by atoms with E-state index in [0.717, 1.165) is 25.9 Å². The summed E-state index contributed by atoms with van der Waals surface area (Å²) in [6, 6.07) is 10.3. The van der Waals surface area contributed by atoms with Crippen LogP contribution in [-0.4, -0.2) is 24.3 Å². The van der Waals surface area contributed by atoms with Crippen LogP contribution in [0, 0.1) is 0 Å². The molecule has 1 N–H and O–H groups in total. The fraction of sp³-hybridized carbons (Fsp3) is 0.455. The Morgan fingerprint density at radius 2 is 1.93 bits per heavy atom. The molecule has 1 unspecified atom stereocenters. The quantitative estimate of drug-likeness (QED) is 0.772. The van der Waals surface area contributed by atoms with Crippen molar-refractivity contribution < 1.29 is 5.11 Å². The summed E-state index contributed by atoms with van der Waals surface area (Å²) in [5, 5.41) is 9.50. The van der Waals surface area contributed by atoms with E-state index in [9.17, 15) is 5.11 Å². The summed E-state index contributed by atoms with van der Waals surface area (Å²) in [6.45, 7) is 1.85. The van der Waals surface area contributed by atoms with Crippen molar-refractivity contribution in [1.29, 1.82) is 0 Å². The maximum Gasteiger partial charge on any atom is 0.0715 e. The first-order valence-electron chi connectivity index (χ1n) is 4.84. The zero-order chi connectivity index (χ0) is 9.10. The lowest BCUT2D eigenvalue weighted by molar-refractivity contribution is 0.154. The topological polar surface area (TPSA) is 23.5 Å². The zero-order valence-corrected chi connectivity index (χ0v) is 8.91. The normalized spacial score (nSPS) is 21.5. The fourth-order valence-corrected chi connectivity index (χ4v) is 1.83. The van der Waals surface area contributed by atoms with Gasteiger partial charge in [0.2, 0.25) is 0 Å². The van der Waals surface area contributed by atoms with Crippen molar-refractivity contribution in [2.75, 3.05) is 18.0 Å². The van der Waals surface area contributed by atoms with Gasteiger partial charge in [-0.05, 0) is 25.0 Å². The van der Waals surface area contributed by atoms with Crippen LogP contribution in [0.5, 0.6) is 0 Å². The van der Waals surface area contributed by atoms with Crippen molar-refractivity contribution in [1.82, 2.24) is 0 Å². The van der Waals surface area contributed by atoms with Crippen molar-refractivity contribution in [3.63, 3.8) is 0 Å². The molecule has 2 nitrogen and oxygen atoms in total. The molecule has 14 heavy (non-hydrogen) atoms. The van der Waals surface area contributed by atoms with Gasteiger partial charge in [-0.25, -0.2) is 0 Å². The number of aliphatic hydroxyl groups excluding tert-OH is 1. The SMILES string of the molecule is Cl.OC1CCCN(c2ccccc2)C1. The first-order chi connectivity index (χ1) is 6.36. The van der Waals surface area contributed by atoms with Gasteiger partial charge in [0.05, 0.1) is 6.10 Å². The predicted octanol–water partition coefficient (Wildman–Crippen LogP) is 2.07. The zero-order valence-electron chi connectivity index (χ0n) is 8.10. The van der Waals surface area contributed by atoms with Gasteiger partial charge in [-0.3, -0.25) is 0 Å². The highest BCUT2D eigenvalue weighted by atomic mass is 35.5. The van der Waals surface area contributed by atoms with Crippen molar-refractivity contribution in [3.8, 4) is 0 Å². The number of hydrogen-bond acceptors (Lipinski definition) is 2. The van der Waals surface area contributed by atoms with Crippen molar-refractivity contribution in [2.24, 2.45) is 0 Å². The van der Waals surface area contributed by atoms with E-state index in [4.69, 9.17) is 0 Å². The summed E-state index contributed by atoms with van der Waals surface area (Å²) in [5.41, 5.74) is 1.22. The molecule has 2 rings (SSSR count). The number of para-hydroxylation sites is 1. The molecular formula is C11H16ClNO. The summed E-state index contributed by atoms with van der Waals surface area (Å²) < 4.78 is 0. The molecule has 1 fully saturated rings. The Morgan fingerprint density at radius 1 is 1.21 bits per heavy atom. The fourth-order valence-electron chi connectivity index (χ4n) is 1.83. The third-order valence-electron chi connectivity index (χ3n) is 2.52. The Morgan fingerprint density at radius 3 is 2.57 bits per heavy atom. The first-order valence-corrected chi connectivity index (χ1v) is 4.84. The van der Waals surface area contributed by atoms with E-state index in [-0.39, 0.29) is 18.5 Å². The molecule has 78 valence electrons. The van der Waals surface area contributed by atoms with Gasteiger partial charge < -0.3 is 10.0 Å². The molecule has 0 aliphatic carbocycles. The molecule has 1 atom stereocenters. The summed E-state index contributed by atoms with van der Waals surface area (Å²) in [7, 11) is 0. The van der Waals surface area contributed by atoms with Gasteiger partial charge in [0.25, 0.3) is 0 Å². The minimum Gasteiger partial charge on any atom is -0.391 e. The van der Waals surface area contributed by atoms with E-state index in [1.165, 1.54) is 5.69 Å². The second-order valence-corrected chi connectivity index (χ2v) is 3.58. The second kappa shape index (κ2) is 5.23. The van der Waals surface area contributed by atoms with E-state index in [0.29, 0.717) is 0 Å². The number of piperidine rings is 1. The lowest BCUT2D eigenvalue weighted by Crippen LogP contribution is -2.38. The average Bonchev–Trinajstić information content (AvgIpc) is 2.19. The summed E-state index contributed by atoms with van der Waals surface area (Å²) in [4.78, 5) is 2.24. The number of rotatable bonds is 1. The molecule has 1 aromatic rings. The number of hydrogen-bond donors (Lipinski definition) is 1. The van der Waals surface area contributed by atoms with Crippen LogP contribution in [0.4, 0.5) is 5.69 Å². The Labute approximate surface area is 91.0 Å². The number of aliphatic hydroxyl groups is 1. The highest BCUT2D eigenvalue weighted by molar-refractivity contribution is 5.85. The molecule has 0 radical (unpaired) electrons. The molecular weight excluding hydrogens is 198 g/mol. The Balaban J connectivity index is 0.000000980. The van der Waals surface area contributed by atoms with E-state index < -0.39 is 0 Å². The molecule has 1 aliphatic heterocycles. The van der Waals surface area contributed by atoms with Gasteiger partial charge in [0.15, 0.2) is 0 Å². The third-order valence-corrected chi connectivity index (χ3v) is 2.52. The lowest BCUT2D eigenvalue weighted by atomic mass is 10.1. The minimum absolute atomic E-state index is 0.